The summed E-state index contributed by atoms with van der Waals surface area (Å²) in [7, 11) is 0. The molecule has 1 aromatic rings. The number of rotatable bonds is 4. The SMILES string of the molecule is Cc1ccnc(NCC2CSCCS2)c1C(=O)O. The van der Waals surface area contributed by atoms with Gasteiger partial charge in [-0.1, -0.05) is 0 Å². The smallest absolute Gasteiger partial charge is 0.339 e. The molecule has 1 aliphatic rings. The Kier molecular flexibility index (Phi) is 4.77. The summed E-state index contributed by atoms with van der Waals surface area (Å²) in [6.45, 7) is 2.57. The van der Waals surface area contributed by atoms with Gasteiger partial charge in [0.2, 0.25) is 0 Å². The second-order valence-electron chi connectivity index (χ2n) is 4.11. The molecule has 2 heterocycles. The third-order valence-electron chi connectivity index (χ3n) is 2.76. The lowest BCUT2D eigenvalue weighted by molar-refractivity contribution is 0.0697. The van der Waals surface area contributed by atoms with Gasteiger partial charge in [0.25, 0.3) is 0 Å². The molecule has 0 bridgehead atoms. The van der Waals surface area contributed by atoms with Crippen molar-refractivity contribution in [3.8, 4) is 0 Å². The van der Waals surface area contributed by atoms with Crippen molar-refractivity contribution >= 4 is 35.3 Å². The van der Waals surface area contributed by atoms with E-state index in [0.717, 1.165) is 17.9 Å². The van der Waals surface area contributed by atoms with Crippen LogP contribution in [0.2, 0.25) is 0 Å². The van der Waals surface area contributed by atoms with Gasteiger partial charge in [-0.2, -0.15) is 23.5 Å². The number of hydrogen-bond acceptors (Lipinski definition) is 5. The van der Waals surface area contributed by atoms with Crippen LogP contribution in [0.4, 0.5) is 5.82 Å². The number of pyridine rings is 1. The first kappa shape index (κ1) is 13.5. The van der Waals surface area contributed by atoms with Crippen LogP contribution < -0.4 is 5.32 Å². The molecule has 0 amide bonds. The first-order chi connectivity index (χ1) is 8.68. The molecule has 0 spiro atoms. The number of hydrogen-bond donors (Lipinski definition) is 2. The molecule has 2 N–H and O–H groups in total. The molecule has 0 aliphatic carbocycles. The largest absolute Gasteiger partial charge is 0.478 e. The molecule has 1 unspecified atom stereocenters. The van der Waals surface area contributed by atoms with Gasteiger partial charge in [-0.25, -0.2) is 9.78 Å². The first-order valence-electron chi connectivity index (χ1n) is 5.80. The fraction of sp³-hybridized carbons (Fsp3) is 0.500. The van der Waals surface area contributed by atoms with Crippen molar-refractivity contribution in [1.82, 2.24) is 4.98 Å². The van der Waals surface area contributed by atoms with Gasteiger partial charge in [-0.15, -0.1) is 0 Å². The number of aromatic nitrogens is 1. The zero-order valence-corrected chi connectivity index (χ0v) is 11.8. The summed E-state index contributed by atoms with van der Waals surface area (Å²) in [5, 5.41) is 12.9. The number of anilines is 1. The molecule has 6 heteroatoms. The fourth-order valence-corrected chi connectivity index (χ4v) is 4.44. The predicted octanol–water partition coefficient (Wildman–Crippen LogP) is 2.35. The minimum absolute atomic E-state index is 0.283. The van der Waals surface area contributed by atoms with Crippen molar-refractivity contribution in [2.45, 2.75) is 12.2 Å². The van der Waals surface area contributed by atoms with Crippen LogP contribution in [0.25, 0.3) is 0 Å². The van der Waals surface area contributed by atoms with E-state index in [2.05, 4.69) is 10.3 Å². The van der Waals surface area contributed by atoms with Crippen LogP contribution in [0.1, 0.15) is 15.9 Å². The standard InChI is InChI=1S/C12H16N2O2S2/c1-8-2-3-13-11(10(8)12(15)16)14-6-9-7-17-4-5-18-9/h2-3,9H,4-7H2,1H3,(H,13,14)(H,15,16). The Labute approximate surface area is 115 Å². The summed E-state index contributed by atoms with van der Waals surface area (Å²) in [6.07, 6.45) is 1.65. The van der Waals surface area contributed by atoms with E-state index < -0.39 is 5.97 Å². The van der Waals surface area contributed by atoms with Gasteiger partial charge in [0.1, 0.15) is 11.4 Å². The quantitative estimate of drug-likeness (QED) is 0.885. The third kappa shape index (κ3) is 3.32. The summed E-state index contributed by atoms with van der Waals surface area (Å²) in [5.74, 6) is 3.06. The summed E-state index contributed by atoms with van der Waals surface area (Å²) in [5.41, 5.74) is 1.02. The average molecular weight is 284 g/mol. The molecule has 0 saturated carbocycles. The number of aromatic carboxylic acids is 1. The third-order valence-corrected chi connectivity index (χ3v) is 5.60. The van der Waals surface area contributed by atoms with Crippen LogP contribution in [-0.4, -0.2) is 45.1 Å². The van der Waals surface area contributed by atoms with Gasteiger partial charge in [0.15, 0.2) is 0 Å². The van der Waals surface area contributed by atoms with Crippen LogP contribution in [-0.2, 0) is 0 Å². The number of nitrogens with zero attached hydrogens (tertiary/aromatic N) is 1. The Balaban J connectivity index is 2.04. The van der Waals surface area contributed by atoms with Gasteiger partial charge >= 0.3 is 5.97 Å². The van der Waals surface area contributed by atoms with E-state index in [0.29, 0.717) is 11.1 Å². The van der Waals surface area contributed by atoms with Gasteiger partial charge in [0, 0.05) is 35.3 Å². The van der Waals surface area contributed by atoms with Gasteiger partial charge in [-0.3, -0.25) is 0 Å². The van der Waals surface area contributed by atoms with Crippen molar-refractivity contribution in [2.75, 3.05) is 29.1 Å². The van der Waals surface area contributed by atoms with E-state index in [4.69, 9.17) is 0 Å². The molecule has 1 atom stereocenters. The van der Waals surface area contributed by atoms with E-state index >= 15 is 0 Å². The summed E-state index contributed by atoms with van der Waals surface area (Å²) in [6, 6.07) is 1.72. The Hall–Kier alpha value is -0.880. The number of aryl methyl sites for hydroxylation is 1. The maximum absolute atomic E-state index is 11.2. The average Bonchev–Trinajstić information content (AvgIpc) is 2.37. The second kappa shape index (κ2) is 6.33. The minimum atomic E-state index is -0.922. The molecule has 1 aromatic heterocycles. The summed E-state index contributed by atoms with van der Waals surface area (Å²) >= 11 is 3.90. The Bertz CT molecular complexity index is 434. The molecular weight excluding hydrogens is 268 g/mol. The van der Waals surface area contributed by atoms with Gasteiger partial charge in [-0.05, 0) is 18.6 Å². The fourth-order valence-electron chi connectivity index (χ4n) is 1.83. The molecule has 0 aromatic carbocycles. The van der Waals surface area contributed by atoms with Gasteiger partial charge in [0.05, 0.1) is 0 Å². The number of carboxylic acid groups (broad SMARTS) is 1. The highest BCUT2D eigenvalue weighted by molar-refractivity contribution is 8.06. The monoisotopic (exact) mass is 284 g/mol. The minimum Gasteiger partial charge on any atom is -0.478 e. The Morgan fingerprint density at radius 3 is 3.11 bits per heavy atom. The van der Waals surface area contributed by atoms with Crippen LogP contribution in [0.3, 0.4) is 0 Å². The lowest BCUT2D eigenvalue weighted by Crippen LogP contribution is -2.24. The molecule has 0 radical (unpaired) electrons. The van der Waals surface area contributed by atoms with E-state index in [1.165, 1.54) is 11.5 Å². The van der Waals surface area contributed by atoms with E-state index in [1.807, 2.05) is 23.5 Å². The zero-order valence-electron chi connectivity index (χ0n) is 10.2. The molecule has 1 aliphatic heterocycles. The van der Waals surface area contributed by atoms with Crippen molar-refractivity contribution in [1.29, 1.82) is 0 Å². The maximum Gasteiger partial charge on any atom is 0.339 e. The molecule has 2 rings (SSSR count). The van der Waals surface area contributed by atoms with Crippen LogP contribution >= 0.6 is 23.5 Å². The molecular formula is C12H16N2O2S2. The van der Waals surface area contributed by atoms with E-state index in [9.17, 15) is 9.90 Å². The van der Waals surface area contributed by atoms with Crippen molar-refractivity contribution < 1.29 is 9.90 Å². The highest BCUT2D eigenvalue weighted by Crippen LogP contribution is 2.25. The maximum atomic E-state index is 11.2. The molecule has 98 valence electrons. The van der Waals surface area contributed by atoms with Crippen LogP contribution in [0.15, 0.2) is 12.3 Å². The Morgan fingerprint density at radius 1 is 1.61 bits per heavy atom. The van der Waals surface area contributed by atoms with Crippen molar-refractivity contribution in [3.05, 3.63) is 23.4 Å². The number of carbonyl (C=O) groups is 1. The highest BCUT2D eigenvalue weighted by Gasteiger charge is 2.17. The molecule has 4 nitrogen and oxygen atoms in total. The van der Waals surface area contributed by atoms with E-state index in [1.54, 1.807) is 19.2 Å². The van der Waals surface area contributed by atoms with Crippen molar-refractivity contribution in [3.63, 3.8) is 0 Å². The molecule has 1 fully saturated rings. The first-order valence-corrected chi connectivity index (χ1v) is 8.01. The highest BCUT2D eigenvalue weighted by atomic mass is 32.2. The van der Waals surface area contributed by atoms with Crippen LogP contribution in [0, 0.1) is 6.92 Å². The molecule has 1 saturated heterocycles. The second-order valence-corrected chi connectivity index (χ2v) is 6.66. The Morgan fingerprint density at radius 2 is 2.44 bits per heavy atom. The number of nitrogens with one attached hydrogen (secondary N) is 1. The topological polar surface area (TPSA) is 62.2 Å². The number of thioether (sulfide) groups is 2. The molecule has 18 heavy (non-hydrogen) atoms. The van der Waals surface area contributed by atoms with Crippen LogP contribution in [0.5, 0.6) is 0 Å². The summed E-state index contributed by atoms with van der Waals surface area (Å²) in [4.78, 5) is 15.3. The van der Waals surface area contributed by atoms with Crippen molar-refractivity contribution in [2.24, 2.45) is 0 Å². The number of carboxylic acids is 1. The lowest BCUT2D eigenvalue weighted by Gasteiger charge is -2.21. The lowest BCUT2D eigenvalue weighted by atomic mass is 10.1. The summed E-state index contributed by atoms with van der Waals surface area (Å²) < 4.78 is 0. The van der Waals surface area contributed by atoms with E-state index in [-0.39, 0.29) is 5.56 Å². The van der Waals surface area contributed by atoms with Gasteiger partial charge < -0.3 is 10.4 Å². The zero-order chi connectivity index (χ0) is 13.0. The predicted molar refractivity (Wildman–Crippen MR) is 78.0 cm³/mol. The normalized spacial score (nSPS) is 19.5.